The van der Waals surface area contributed by atoms with E-state index in [1.807, 2.05) is 0 Å². The van der Waals surface area contributed by atoms with Crippen molar-refractivity contribution in [3.8, 4) is 0 Å². The lowest BCUT2D eigenvalue weighted by atomic mass is 13.6. The zero-order chi connectivity index (χ0) is 5.91. The van der Waals surface area contributed by atoms with Crippen molar-refractivity contribution in [2.75, 3.05) is 0 Å². The third kappa shape index (κ3) is 2.83. The van der Waals surface area contributed by atoms with Gasteiger partial charge in [0.15, 0.2) is 0 Å². The molecule has 0 aliphatic rings. The van der Waals surface area contributed by atoms with Crippen LogP contribution in [0.3, 0.4) is 0 Å². The lowest BCUT2D eigenvalue weighted by Crippen LogP contribution is -2.08. The van der Waals surface area contributed by atoms with Crippen LogP contribution in [0, 0.1) is 0 Å². The van der Waals surface area contributed by atoms with Crippen LogP contribution < -0.4 is 11.0 Å². The summed E-state index contributed by atoms with van der Waals surface area (Å²) in [5.74, 6) is 4.23. The second kappa shape index (κ2) is 2.48. The highest BCUT2D eigenvalue weighted by Crippen LogP contribution is 2.00. The second-order valence-corrected chi connectivity index (χ2v) is 3.60. The molecule has 0 aliphatic carbocycles. The molecule has 7 heavy (non-hydrogen) atoms. The molecule has 0 spiro atoms. The summed E-state index contributed by atoms with van der Waals surface area (Å²) in [6.45, 7) is 0. The van der Waals surface area contributed by atoms with E-state index in [0.717, 1.165) is 0 Å². The Labute approximate surface area is 44.6 Å². The van der Waals surface area contributed by atoms with Gasteiger partial charge in [0.25, 0.3) is 0 Å². The minimum atomic E-state index is -3.69. The van der Waals surface area contributed by atoms with Crippen molar-refractivity contribution in [2.45, 2.75) is 0 Å². The van der Waals surface area contributed by atoms with Gasteiger partial charge in [-0.2, -0.15) is 18.6 Å². The SMILES string of the molecule is NOS(=O)(=O)SN. The maximum absolute atomic E-state index is 9.86. The molecule has 0 saturated carbocycles. The summed E-state index contributed by atoms with van der Waals surface area (Å²) >= 11 is 0. The van der Waals surface area contributed by atoms with Crippen LogP contribution in [0.4, 0.5) is 0 Å². The summed E-state index contributed by atoms with van der Waals surface area (Å²) in [4.78, 5) is 0. The Bertz CT molecular complexity index is 114. The van der Waals surface area contributed by atoms with E-state index in [4.69, 9.17) is 0 Å². The van der Waals surface area contributed by atoms with E-state index < -0.39 is 9.15 Å². The Morgan fingerprint density at radius 1 is 1.57 bits per heavy atom. The molecule has 0 aliphatic heterocycles. The molecule has 0 unspecified atom stereocenters. The molecule has 0 atom stereocenters. The first kappa shape index (κ1) is 7.18. The van der Waals surface area contributed by atoms with Crippen molar-refractivity contribution in [1.29, 1.82) is 0 Å². The van der Waals surface area contributed by atoms with E-state index in [0.29, 0.717) is 0 Å². The first-order valence-corrected chi connectivity index (χ1v) is 3.94. The molecule has 0 rings (SSSR count). The molecule has 7 heteroatoms. The highest BCUT2D eigenvalue weighted by Gasteiger charge is 2.03. The third-order valence-corrected chi connectivity index (χ3v) is 1.65. The Morgan fingerprint density at radius 2 is 2.00 bits per heavy atom. The van der Waals surface area contributed by atoms with Gasteiger partial charge in [-0.25, -0.2) is 0 Å². The van der Waals surface area contributed by atoms with Gasteiger partial charge in [-0.05, 0) is 0 Å². The number of nitrogens with two attached hydrogens (primary N) is 2. The summed E-state index contributed by atoms with van der Waals surface area (Å²) in [5, 5.41) is 4.54. The highest BCUT2D eigenvalue weighted by molar-refractivity contribution is 8.69. The van der Waals surface area contributed by atoms with Crippen LogP contribution >= 0.6 is 11.0 Å². The standard InChI is InChI=1S/H4N2O3S2/c1-5-7(3,4)6-2/h1-2H2. The van der Waals surface area contributed by atoms with Gasteiger partial charge in [-0.1, -0.05) is 0 Å². The molecule has 0 radical (unpaired) electrons. The molecule has 0 aromatic rings. The third-order valence-electron chi connectivity index (χ3n) is 0.236. The second-order valence-electron chi connectivity index (χ2n) is 0.601. The predicted octanol–water partition coefficient (Wildman–Crippen LogP) is -1.27. The smallest absolute Gasteiger partial charge is 0.262 e. The van der Waals surface area contributed by atoms with E-state index in [1.54, 1.807) is 0 Å². The maximum Gasteiger partial charge on any atom is 0.352 e. The van der Waals surface area contributed by atoms with Crippen LogP contribution in [0.2, 0.25) is 0 Å². The first-order valence-electron chi connectivity index (χ1n) is 1.14. The fraction of sp³-hybridized carbons (Fsp3) is 0. The molecular formula is H4N2O3S2. The summed E-state index contributed by atoms with van der Waals surface area (Å²) < 4.78 is 23.1. The minimum absolute atomic E-state index is 0.0521. The molecule has 0 bridgehead atoms. The van der Waals surface area contributed by atoms with E-state index in [1.165, 1.54) is 0 Å². The Morgan fingerprint density at radius 3 is 2.00 bits per heavy atom. The van der Waals surface area contributed by atoms with Crippen LogP contribution in [0.25, 0.3) is 0 Å². The topological polar surface area (TPSA) is 95.4 Å². The summed E-state index contributed by atoms with van der Waals surface area (Å²) in [6, 6.07) is 0. The Balaban J connectivity index is 3.89. The van der Waals surface area contributed by atoms with Crippen molar-refractivity contribution >= 4 is 20.1 Å². The first-order chi connectivity index (χ1) is 3.12. The zero-order valence-electron chi connectivity index (χ0n) is 3.20. The maximum atomic E-state index is 9.86. The van der Waals surface area contributed by atoms with Crippen LogP contribution in [0.15, 0.2) is 0 Å². The molecule has 4 N–H and O–H groups in total. The normalized spacial score (nSPS) is 11.7. The Hall–Kier alpha value is 0.180. The van der Waals surface area contributed by atoms with E-state index in [2.05, 4.69) is 15.3 Å². The van der Waals surface area contributed by atoms with Gasteiger partial charge in [0.1, 0.15) is 0 Å². The minimum Gasteiger partial charge on any atom is -0.262 e. The summed E-state index contributed by atoms with van der Waals surface area (Å²) in [6.07, 6.45) is 0. The fourth-order valence-electron chi connectivity index (χ4n) is 0.0227. The molecule has 0 aromatic carbocycles. The summed E-state index contributed by atoms with van der Waals surface area (Å²) in [5.41, 5.74) is 0. The van der Waals surface area contributed by atoms with Crippen molar-refractivity contribution < 1.29 is 12.7 Å². The van der Waals surface area contributed by atoms with Gasteiger partial charge in [0.2, 0.25) is 0 Å². The monoisotopic (exact) mass is 144 g/mol. The lowest BCUT2D eigenvalue weighted by Gasteiger charge is -1.88. The molecule has 0 fully saturated rings. The van der Waals surface area contributed by atoms with E-state index in [9.17, 15) is 8.42 Å². The number of rotatable bonds is 2. The summed E-state index contributed by atoms with van der Waals surface area (Å²) in [7, 11) is -3.63. The van der Waals surface area contributed by atoms with Crippen LogP contribution in [0.5, 0.6) is 0 Å². The molecule has 0 heterocycles. The Kier molecular flexibility index (Phi) is 2.54. The van der Waals surface area contributed by atoms with E-state index >= 15 is 0 Å². The van der Waals surface area contributed by atoms with Gasteiger partial charge in [-0.3, -0.25) is 5.14 Å². The molecule has 0 saturated heterocycles. The molecule has 0 amide bonds. The average Bonchev–Trinajstić information content (AvgIpc) is 1.68. The van der Waals surface area contributed by atoms with Crippen molar-refractivity contribution in [1.82, 2.24) is 0 Å². The van der Waals surface area contributed by atoms with E-state index in [-0.39, 0.29) is 11.0 Å². The molecular weight excluding hydrogens is 140 g/mol. The molecule has 5 nitrogen and oxygen atoms in total. The molecule has 44 valence electrons. The van der Waals surface area contributed by atoms with Crippen molar-refractivity contribution in [2.24, 2.45) is 11.0 Å². The van der Waals surface area contributed by atoms with Gasteiger partial charge < -0.3 is 0 Å². The number of hydrogen-bond acceptors (Lipinski definition) is 6. The van der Waals surface area contributed by atoms with Crippen LogP contribution in [-0.2, 0) is 13.4 Å². The highest BCUT2D eigenvalue weighted by atomic mass is 33.2. The van der Waals surface area contributed by atoms with Crippen LogP contribution in [0.1, 0.15) is 0 Å². The van der Waals surface area contributed by atoms with Crippen molar-refractivity contribution in [3.05, 3.63) is 0 Å². The van der Waals surface area contributed by atoms with Gasteiger partial charge in [0.05, 0.1) is 11.0 Å². The average molecular weight is 144 g/mol. The quantitative estimate of drug-likeness (QED) is 0.285. The lowest BCUT2D eigenvalue weighted by molar-refractivity contribution is 0.345. The predicted molar refractivity (Wildman–Crippen MR) is 26.0 cm³/mol. The molecule has 0 aromatic heterocycles. The fourth-order valence-corrected chi connectivity index (χ4v) is 0.204. The van der Waals surface area contributed by atoms with Crippen molar-refractivity contribution in [3.63, 3.8) is 0 Å². The largest absolute Gasteiger partial charge is 0.352 e. The zero-order valence-corrected chi connectivity index (χ0v) is 4.83. The number of hydrogen-bond donors (Lipinski definition) is 2. The van der Waals surface area contributed by atoms with Gasteiger partial charge >= 0.3 is 9.15 Å². The van der Waals surface area contributed by atoms with Gasteiger partial charge in [-0.15, -0.1) is 0 Å². The van der Waals surface area contributed by atoms with Crippen LogP contribution in [-0.4, -0.2) is 8.42 Å². The van der Waals surface area contributed by atoms with Gasteiger partial charge in [0, 0.05) is 0 Å².